The summed E-state index contributed by atoms with van der Waals surface area (Å²) in [7, 11) is 0. The fourth-order valence-electron chi connectivity index (χ4n) is 3.95. The zero-order chi connectivity index (χ0) is 15.5. The fourth-order valence-corrected chi connectivity index (χ4v) is 4.47. The zero-order valence-electron chi connectivity index (χ0n) is 12.8. The van der Waals surface area contributed by atoms with E-state index in [0.717, 1.165) is 31.7 Å². The van der Waals surface area contributed by atoms with E-state index in [1.165, 1.54) is 32.1 Å². The molecule has 3 rings (SSSR count). The van der Waals surface area contributed by atoms with Crippen LogP contribution in [0.4, 0.5) is 0 Å². The molecule has 1 atom stereocenters. The number of rotatable bonds is 3. The van der Waals surface area contributed by atoms with Crippen LogP contribution in [0.3, 0.4) is 0 Å². The van der Waals surface area contributed by atoms with Gasteiger partial charge in [0.15, 0.2) is 0 Å². The second-order valence-electron chi connectivity index (χ2n) is 6.43. The monoisotopic (exact) mass is 386 g/mol. The van der Waals surface area contributed by atoms with Crippen LogP contribution in [0.5, 0.6) is 5.75 Å². The summed E-state index contributed by atoms with van der Waals surface area (Å²) >= 11 is 9.57. The van der Waals surface area contributed by atoms with Gasteiger partial charge in [-0.15, -0.1) is 0 Å². The Morgan fingerprint density at radius 1 is 1.18 bits per heavy atom. The van der Waals surface area contributed by atoms with Crippen LogP contribution >= 0.6 is 27.5 Å². The minimum Gasteiger partial charge on any atom is -0.506 e. The second kappa shape index (κ2) is 7.52. The third-order valence-corrected chi connectivity index (χ3v) is 6.41. The maximum atomic E-state index is 10.6. The Morgan fingerprint density at radius 2 is 1.86 bits per heavy atom. The maximum Gasteiger partial charge on any atom is 0.136 e. The molecule has 1 aliphatic heterocycles. The molecule has 0 radical (unpaired) electrons. The molecule has 0 bridgehead atoms. The molecule has 0 aromatic heterocycles. The molecule has 2 aliphatic rings. The fraction of sp³-hybridized carbons (Fsp3) is 0.647. The van der Waals surface area contributed by atoms with Gasteiger partial charge in [-0.2, -0.15) is 0 Å². The first kappa shape index (κ1) is 16.6. The van der Waals surface area contributed by atoms with Crippen LogP contribution in [0.2, 0.25) is 5.02 Å². The van der Waals surface area contributed by atoms with Gasteiger partial charge in [-0.3, -0.25) is 4.90 Å². The lowest BCUT2D eigenvalue weighted by molar-refractivity contribution is 0.101. The molecule has 3 nitrogen and oxygen atoms in total. The Morgan fingerprint density at radius 3 is 2.55 bits per heavy atom. The standard InChI is InChI=1S/C17H24BrClN2O/c18-15-14(19)7-6-13(17(15)22)16(12-4-2-1-3-5-12)21-10-8-20-9-11-21/h6-7,12,16,20,22H,1-5,8-11H2/t16-/m0/s1. The van der Waals surface area contributed by atoms with Gasteiger partial charge in [0.05, 0.1) is 9.50 Å². The van der Waals surface area contributed by atoms with E-state index < -0.39 is 0 Å². The molecule has 2 fully saturated rings. The van der Waals surface area contributed by atoms with Crippen LogP contribution in [-0.2, 0) is 0 Å². The van der Waals surface area contributed by atoms with Gasteiger partial charge in [-0.25, -0.2) is 0 Å². The molecule has 1 aliphatic carbocycles. The van der Waals surface area contributed by atoms with E-state index in [4.69, 9.17) is 11.6 Å². The molecule has 5 heteroatoms. The molecule has 0 amide bonds. The first-order valence-corrected chi connectivity index (χ1v) is 9.47. The lowest BCUT2D eigenvalue weighted by atomic mass is 9.80. The van der Waals surface area contributed by atoms with E-state index in [0.29, 0.717) is 27.2 Å². The molecule has 1 heterocycles. The number of phenolic OH excluding ortho intramolecular Hbond substituents is 1. The Balaban J connectivity index is 1.94. The summed E-state index contributed by atoms with van der Waals surface area (Å²) in [5.74, 6) is 0.951. The third kappa shape index (κ3) is 3.45. The van der Waals surface area contributed by atoms with Gasteiger partial charge >= 0.3 is 0 Å². The molecule has 1 saturated carbocycles. The minimum atomic E-state index is 0.302. The number of nitrogens with one attached hydrogen (secondary N) is 1. The summed E-state index contributed by atoms with van der Waals surface area (Å²) in [5.41, 5.74) is 1.03. The van der Waals surface area contributed by atoms with Crippen LogP contribution in [0.25, 0.3) is 0 Å². The van der Waals surface area contributed by atoms with E-state index in [9.17, 15) is 5.11 Å². The molecule has 1 aromatic rings. The summed E-state index contributed by atoms with van der Waals surface area (Å²) in [6.45, 7) is 4.14. The molecule has 0 spiro atoms. The molecule has 22 heavy (non-hydrogen) atoms. The van der Waals surface area contributed by atoms with E-state index in [1.807, 2.05) is 12.1 Å². The molecule has 1 saturated heterocycles. The normalized spacial score (nSPS) is 22.6. The van der Waals surface area contributed by atoms with Gasteiger partial charge < -0.3 is 10.4 Å². The van der Waals surface area contributed by atoms with Gasteiger partial charge in [-0.1, -0.05) is 36.9 Å². The van der Waals surface area contributed by atoms with Crippen molar-refractivity contribution >= 4 is 27.5 Å². The van der Waals surface area contributed by atoms with Crippen molar-refractivity contribution in [1.29, 1.82) is 0 Å². The van der Waals surface area contributed by atoms with Crippen LogP contribution in [0, 0.1) is 5.92 Å². The number of benzene rings is 1. The van der Waals surface area contributed by atoms with Gasteiger partial charge in [0.2, 0.25) is 0 Å². The van der Waals surface area contributed by atoms with Crippen molar-refractivity contribution in [3.63, 3.8) is 0 Å². The predicted octanol–water partition coefficient (Wildman–Crippen LogP) is 4.33. The first-order chi connectivity index (χ1) is 10.7. The summed E-state index contributed by atoms with van der Waals surface area (Å²) in [6.07, 6.45) is 6.48. The quantitative estimate of drug-likeness (QED) is 0.810. The molecule has 122 valence electrons. The third-order valence-electron chi connectivity index (χ3n) is 5.06. The van der Waals surface area contributed by atoms with E-state index in [-0.39, 0.29) is 0 Å². The van der Waals surface area contributed by atoms with Gasteiger partial charge in [0, 0.05) is 37.8 Å². The van der Waals surface area contributed by atoms with Crippen molar-refractivity contribution in [1.82, 2.24) is 10.2 Å². The zero-order valence-corrected chi connectivity index (χ0v) is 15.2. The van der Waals surface area contributed by atoms with Crippen LogP contribution in [0.15, 0.2) is 16.6 Å². The molecule has 0 unspecified atom stereocenters. The maximum absolute atomic E-state index is 10.6. The van der Waals surface area contributed by atoms with E-state index >= 15 is 0 Å². The summed E-state index contributed by atoms with van der Waals surface area (Å²) in [4.78, 5) is 2.54. The topological polar surface area (TPSA) is 35.5 Å². The smallest absolute Gasteiger partial charge is 0.136 e. The SMILES string of the molecule is Oc1c([C@H](C2CCCCC2)N2CCNCC2)ccc(Cl)c1Br. The number of nitrogens with zero attached hydrogens (tertiary/aromatic N) is 1. The van der Waals surface area contributed by atoms with E-state index in [2.05, 4.69) is 26.1 Å². The average Bonchev–Trinajstić information content (AvgIpc) is 2.57. The number of piperazine rings is 1. The number of hydrogen-bond acceptors (Lipinski definition) is 3. The Hall–Kier alpha value is -0.290. The highest BCUT2D eigenvalue weighted by atomic mass is 79.9. The van der Waals surface area contributed by atoms with Gasteiger partial charge in [0.1, 0.15) is 5.75 Å². The van der Waals surface area contributed by atoms with Crippen LogP contribution < -0.4 is 5.32 Å². The predicted molar refractivity (Wildman–Crippen MR) is 94.6 cm³/mol. The Kier molecular flexibility index (Phi) is 5.66. The average molecular weight is 388 g/mol. The highest BCUT2D eigenvalue weighted by Gasteiger charge is 2.33. The Bertz CT molecular complexity index is 496. The lowest BCUT2D eigenvalue weighted by Gasteiger charge is -2.41. The van der Waals surface area contributed by atoms with Crippen molar-refractivity contribution in [3.05, 3.63) is 27.2 Å². The number of hydrogen-bond donors (Lipinski definition) is 2. The highest BCUT2D eigenvalue weighted by Crippen LogP contribution is 2.45. The molecule has 2 N–H and O–H groups in total. The van der Waals surface area contributed by atoms with Crippen molar-refractivity contribution in [2.75, 3.05) is 26.2 Å². The van der Waals surface area contributed by atoms with Crippen molar-refractivity contribution < 1.29 is 5.11 Å². The lowest BCUT2D eigenvalue weighted by Crippen LogP contribution is -2.47. The largest absolute Gasteiger partial charge is 0.506 e. The molecule has 1 aromatic carbocycles. The van der Waals surface area contributed by atoms with Crippen molar-refractivity contribution in [2.24, 2.45) is 5.92 Å². The van der Waals surface area contributed by atoms with Crippen molar-refractivity contribution in [3.8, 4) is 5.75 Å². The van der Waals surface area contributed by atoms with Gasteiger partial charge in [0.25, 0.3) is 0 Å². The van der Waals surface area contributed by atoms with Crippen LogP contribution in [-0.4, -0.2) is 36.2 Å². The summed E-state index contributed by atoms with van der Waals surface area (Å²) in [5, 5.41) is 14.6. The Labute approximate surface area is 146 Å². The number of halogens is 2. The number of phenols is 1. The van der Waals surface area contributed by atoms with E-state index in [1.54, 1.807) is 0 Å². The molecular weight excluding hydrogens is 364 g/mol. The number of aromatic hydroxyl groups is 1. The second-order valence-corrected chi connectivity index (χ2v) is 7.63. The molecular formula is C17H24BrClN2O. The van der Waals surface area contributed by atoms with Crippen LogP contribution in [0.1, 0.15) is 43.7 Å². The van der Waals surface area contributed by atoms with Gasteiger partial charge in [-0.05, 0) is 40.8 Å². The summed E-state index contributed by atoms with van der Waals surface area (Å²) < 4.78 is 0.627. The first-order valence-electron chi connectivity index (χ1n) is 8.30. The van der Waals surface area contributed by atoms with Crippen molar-refractivity contribution in [2.45, 2.75) is 38.1 Å². The minimum absolute atomic E-state index is 0.302. The highest BCUT2D eigenvalue weighted by molar-refractivity contribution is 9.10. The summed E-state index contributed by atoms with van der Waals surface area (Å²) in [6, 6.07) is 4.22.